The van der Waals surface area contributed by atoms with Gasteiger partial charge in [-0.25, -0.2) is 4.98 Å². The largest absolute Gasteiger partial charge is 0.301 e. The molecule has 1 aromatic carbocycles. The van der Waals surface area contributed by atoms with E-state index in [4.69, 9.17) is 0 Å². The Hall–Kier alpha value is -2.47. The van der Waals surface area contributed by atoms with Gasteiger partial charge in [0.2, 0.25) is 0 Å². The van der Waals surface area contributed by atoms with Crippen LogP contribution in [0.4, 0.5) is 0 Å². The molecule has 1 atom stereocenters. The lowest BCUT2D eigenvalue weighted by molar-refractivity contribution is 0.196. The molecule has 1 aliphatic rings. The third kappa shape index (κ3) is 3.22. The molecule has 2 aromatic heterocycles. The number of nitrogens with zero attached hydrogens (tertiary/aromatic N) is 5. The Morgan fingerprint density at radius 2 is 2.08 bits per heavy atom. The summed E-state index contributed by atoms with van der Waals surface area (Å²) in [6.07, 6.45) is 5.93. The third-order valence-corrected chi connectivity index (χ3v) is 5.17. The van der Waals surface area contributed by atoms with E-state index in [0.29, 0.717) is 17.8 Å². The van der Waals surface area contributed by atoms with E-state index in [1.165, 1.54) is 18.5 Å². The van der Waals surface area contributed by atoms with Crippen LogP contribution in [0.2, 0.25) is 0 Å². The lowest BCUT2D eigenvalue weighted by Crippen LogP contribution is -2.38. The molecule has 130 valence electrons. The second kappa shape index (κ2) is 6.80. The lowest BCUT2D eigenvalue weighted by atomic mass is 9.95. The first-order chi connectivity index (χ1) is 12.2. The van der Waals surface area contributed by atoms with Crippen molar-refractivity contribution in [3.05, 3.63) is 58.9 Å². The van der Waals surface area contributed by atoms with Crippen molar-refractivity contribution in [1.29, 1.82) is 0 Å². The molecule has 0 saturated carbocycles. The number of para-hydroxylation sites is 1. The summed E-state index contributed by atoms with van der Waals surface area (Å²) in [5.41, 5.74) is 2.11. The number of fused-ring (bicyclic) bond motifs is 1. The number of hydrogen-bond acceptors (Lipinski definition) is 4. The van der Waals surface area contributed by atoms with E-state index in [0.717, 1.165) is 25.2 Å². The van der Waals surface area contributed by atoms with Crippen molar-refractivity contribution < 1.29 is 0 Å². The SMILES string of the molecule is Cn1nccc1C1CCCN(CCn2cnc3ccccc3c2=O)C1. The first-order valence-corrected chi connectivity index (χ1v) is 8.87. The van der Waals surface area contributed by atoms with Gasteiger partial charge in [0.15, 0.2) is 0 Å². The summed E-state index contributed by atoms with van der Waals surface area (Å²) in [4.78, 5) is 19.4. The number of likely N-dealkylation sites (tertiary alicyclic amines) is 1. The number of rotatable bonds is 4. The Labute approximate surface area is 146 Å². The van der Waals surface area contributed by atoms with Gasteiger partial charge in [0.25, 0.3) is 5.56 Å². The van der Waals surface area contributed by atoms with E-state index in [2.05, 4.69) is 21.0 Å². The maximum absolute atomic E-state index is 12.6. The minimum absolute atomic E-state index is 0.0470. The molecule has 0 radical (unpaired) electrons. The van der Waals surface area contributed by atoms with E-state index >= 15 is 0 Å². The fraction of sp³-hybridized carbons (Fsp3) is 0.421. The molecule has 0 spiro atoms. The number of piperidine rings is 1. The van der Waals surface area contributed by atoms with Crippen molar-refractivity contribution in [3.63, 3.8) is 0 Å². The molecule has 0 aliphatic carbocycles. The van der Waals surface area contributed by atoms with Gasteiger partial charge in [-0.15, -0.1) is 0 Å². The Balaban J connectivity index is 1.45. The summed E-state index contributed by atoms with van der Waals surface area (Å²) in [7, 11) is 2.01. The van der Waals surface area contributed by atoms with Crippen molar-refractivity contribution in [2.24, 2.45) is 7.05 Å². The summed E-state index contributed by atoms with van der Waals surface area (Å²) in [6.45, 7) is 3.66. The van der Waals surface area contributed by atoms with Gasteiger partial charge in [-0.05, 0) is 37.6 Å². The average Bonchev–Trinajstić information content (AvgIpc) is 3.08. The van der Waals surface area contributed by atoms with Crippen LogP contribution in [-0.4, -0.2) is 43.9 Å². The summed E-state index contributed by atoms with van der Waals surface area (Å²) < 4.78 is 3.71. The Morgan fingerprint density at radius 1 is 1.20 bits per heavy atom. The van der Waals surface area contributed by atoms with Gasteiger partial charge in [-0.3, -0.25) is 14.0 Å². The second-order valence-corrected chi connectivity index (χ2v) is 6.78. The molecule has 0 N–H and O–H groups in total. The van der Waals surface area contributed by atoms with Gasteiger partial charge in [0.1, 0.15) is 0 Å². The summed E-state index contributed by atoms with van der Waals surface area (Å²) in [5.74, 6) is 0.521. The molecule has 25 heavy (non-hydrogen) atoms. The van der Waals surface area contributed by atoms with E-state index in [1.54, 1.807) is 10.9 Å². The monoisotopic (exact) mass is 337 g/mol. The van der Waals surface area contributed by atoms with Crippen LogP contribution in [0.25, 0.3) is 10.9 Å². The summed E-state index contributed by atoms with van der Waals surface area (Å²) in [5, 5.41) is 4.99. The standard InChI is InChI=1S/C19H23N5O/c1-22-18(8-9-21-22)15-5-4-10-23(13-15)11-12-24-14-20-17-7-3-2-6-16(17)19(24)25/h2-3,6-9,14-15H,4-5,10-13H2,1H3. The molecule has 1 saturated heterocycles. The molecule has 1 unspecified atom stereocenters. The highest BCUT2D eigenvalue weighted by Gasteiger charge is 2.23. The van der Waals surface area contributed by atoms with Crippen molar-refractivity contribution in [2.75, 3.05) is 19.6 Å². The van der Waals surface area contributed by atoms with Gasteiger partial charge < -0.3 is 4.90 Å². The first-order valence-electron chi connectivity index (χ1n) is 8.87. The number of aryl methyl sites for hydroxylation is 1. The predicted molar refractivity (Wildman–Crippen MR) is 97.6 cm³/mol. The molecule has 3 aromatic rings. The third-order valence-electron chi connectivity index (χ3n) is 5.17. The highest BCUT2D eigenvalue weighted by molar-refractivity contribution is 5.76. The fourth-order valence-electron chi connectivity index (χ4n) is 3.80. The number of aromatic nitrogens is 4. The quantitative estimate of drug-likeness (QED) is 0.731. The Bertz CT molecular complexity index is 929. The summed E-state index contributed by atoms with van der Waals surface area (Å²) >= 11 is 0. The van der Waals surface area contributed by atoms with Crippen molar-refractivity contribution in [3.8, 4) is 0 Å². The number of benzene rings is 1. The molecule has 4 rings (SSSR count). The minimum Gasteiger partial charge on any atom is -0.301 e. The average molecular weight is 337 g/mol. The van der Waals surface area contributed by atoms with Gasteiger partial charge in [-0.2, -0.15) is 5.10 Å². The fourth-order valence-corrected chi connectivity index (χ4v) is 3.80. The smallest absolute Gasteiger partial charge is 0.261 e. The molecule has 6 heteroatoms. The molecular formula is C19H23N5O. The lowest BCUT2D eigenvalue weighted by Gasteiger charge is -2.32. The molecule has 1 fully saturated rings. The molecule has 0 amide bonds. The van der Waals surface area contributed by atoms with Crippen LogP contribution in [0.3, 0.4) is 0 Å². The highest BCUT2D eigenvalue weighted by Crippen LogP contribution is 2.26. The van der Waals surface area contributed by atoms with E-state index < -0.39 is 0 Å². The van der Waals surface area contributed by atoms with Crippen molar-refractivity contribution in [1.82, 2.24) is 24.2 Å². The highest BCUT2D eigenvalue weighted by atomic mass is 16.1. The van der Waals surface area contributed by atoms with Gasteiger partial charge in [0, 0.05) is 44.5 Å². The van der Waals surface area contributed by atoms with Crippen LogP contribution >= 0.6 is 0 Å². The van der Waals surface area contributed by atoms with E-state index in [-0.39, 0.29) is 5.56 Å². The van der Waals surface area contributed by atoms with Crippen LogP contribution < -0.4 is 5.56 Å². The van der Waals surface area contributed by atoms with Gasteiger partial charge in [-0.1, -0.05) is 12.1 Å². The van der Waals surface area contributed by atoms with Crippen LogP contribution in [0.15, 0.2) is 47.7 Å². The zero-order chi connectivity index (χ0) is 17.2. The van der Waals surface area contributed by atoms with E-state index in [1.807, 2.05) is 42.2 Å². The topological polar surface area (TPSA) is 56.0 Å². The normalized spacial score (nSPS) is 18.7. The minimum atomic E-state index is 0.0470. The Kier molecular flexibility index (Phi) is 4.36. The number of hydrogen-bond donors (Lipinski definition) is 0. The van der Waals surface area contributed by atoms with Crippen LogP contribution in [0.1, 0.15) is 24.5 Å². The van der Waals surface area contributed by atoms with Crippen LogP contribution in [0.5, 0.6) is 0 Å². The molecule has 3 heterocycles. The predicted octanol–water partition coefficient (Wildman–Crippen LogP) is 2.01. The maximum Gasteiger partial charge on any atom is 0.261 e. The second-order valence-electron chi connectivity index (χ2n) is 6.78. The first kappa shape index (κ1) is 16.0. The zero-order valence-electron chi connectivity index (χ0n) is 14.5. The molecular weight excluding hydrogens is 314 g/mol. The summed E-state index contributed by atoms with van der Waals surface area (Å²) in [6, 6.07) is 9.64. The van der Waals surface area contributed by atoms with E-state index in [9.17, 15) is 4.79 Å². The molecule has 6 nitrogen and oxygen atoms in total. The van der Waals surface area contributed by atoms with Gasteiger partial charge >= 0.3 is 0 Å². The molecule has 0 bridgehead atoms. The van der Waals surface area contributed by atoms with Crippen LogP contribution in [0, 0.1) is 0 Å². The van der Waals surface area contributed by atoms with Crippen molar-refractivity contribution >= 4 is 10.9 Å². The maximum atomic E-state index is 12.6. The Morgan fingerprint density at radius 3 is 2.92 bits per heavy atom. The zero-order valence-corrected chi connectivity index (χ0v) is 14.5. The van der Waals surface area contributed by atoms with Crippen LogP contribution in [-0.2, 0) is 13.6 Å². The molecule has 1 aliphatic heterocycles. The van der Waals surface area contributed by atoms with Crippen molar-refractivity contribution in [2.45, 2.75) is 25.3 Å². The van der Waals surface area contributed by atoms with Gasteiger partial charge in [0.05, 0.1) is 17.2 Å².